The summed E-state index contributed by atoms with van der Waals surface area (Å²) in [6, 6.07) is 14.2. The van der Waals surface area contributed by atoms with Gasteiger partial charge in [0.15, 0.2) is 5.13 Å². The molecule has 4 rings (SSSR count). The number of thiazole rings is 1. The highest BCUT2D eigenvalue weighted by atomic mass is 32.1. The number of aromatic nitrogens is 3. The predicted octanol–water partition coefficient (Wildman–Crippen LogP) is 3.53. The fourth-order valence-electron chi connectivity index (χ4n) is 2.96. The second-order valence-electron chi connectivity index (χ2n) is 5.82. The molecule has 0 aliphatic heterocycles. The number of carbonyl (C=O) groups is 1. The quantitative estimate of drug-likeness (QED) is 0.560. The van der Waals surface area contributed by atoms with Gasteiger partial charge in [0.05, 0.1) is 16.8 Å². The summed E-state index contributed by atoms with van der Waals surface area (Å²) in [5.41, 5.74) is 11.0. The maximum atomic E-state index is 10.8. The molecule has 0 spiro atoms. The maximum Gasteiger partial charge on any atom is 0.181 e. The van der Waals surface area contributed by atoms with E-state index in [-0.39, 0.29) is 0 Å². The summed E-state index contributed by atoms with van der Waals surface area (Å²) in [7, 11) is 0. The van der Waals surface area contributed by atoms with E-state index < -0.39 is 0 Å². The molecular formula is C19H16N4OS. The normalized spacial score (nSPS) is 11.0. The zero-order valence-corrected chi connectivity index (χ0v) is 14.2. The third kappa shape index (κ3) is 3.16. The van der Waals surface area contributed by atoms with Gasteiger partial charge in [0.1, 0.15) is 6.29 Å². The van der Waals surface area contributed by atoms with Crippen LogP contribution in [0.15, 0.2) is 54.9 Å². The van der Waals surface area contributed by atoms with Crippen molar-refractivity contribution in [3.63, 3.8) is 0 Å². The topological polar surface area (TPSA) is 73.8 Å². The van der Waals surface area contributed by atoms with Crippen molar-refractivity contribution >= 4 is 33.0 Å². The molecule has 6 heteroatoms. The molecule has 0 saturated heterocycles. The van der Waals surface area contributed by atoms with E-state index in [1.807, 2.05) is 41.2 Å². The van der Waals surface area contributed by atoms with Crippen molar-refractivity contribution in [1.29, 1.82) is 0 Å². The van der Waals surface area contributed by atoms with Crippen LogP contribution in [0.2, 0.25) is 0 Å². The van der Waals surface area contributed by atoms with Crippen molar-refractivity contribution in [3.05, 3.63) is 66.0 Å². The molecule has 2 N–H and O–H groups in total. The Morgan fingerprint density at radius 3 is 2.88 bits per heavy atom. The third-order valence-electron chi connectivity index (χ3n) is 4.03. The summed E-state index contributed by atoms with van der Waals surface area (Å²) < 4.78 is 2.94. The van der Waals surface area contributed by atoms with E-state index in [0.717, 1.165) is 38.8 Å². The Morgan fingerprint density at radius 2 is 2.08 bits per heavy atom. The lowest BCUT2D eigenvalue weighted by Gasteiger charge is -2.09. The van der Waals surface area contributed by atoms with Gasteiger partial charge >= 0.3 is 0 Å². The van der Waals surface area contributed by atoms with Gasteiger partial charge in [-0.1, -0.05) is 35.6 Å². The molecule has 0 bridgehead atoms. The van der Waals surface area contributed by atoms with Gasteiger partial charge < -0.3 is 10.5 Å². The molecular weight excluding hydrogens is 332 g/mol. The monoisotopic (exact) mass is 348 g/mol. The van der Waals surface area contributed by atoms with E-state index in [9.17, 15) is 4.79 Å². The van der Waals surface area contributed by atoms with Crippen LogP contribution >= 0.6 is 11.3 Å². The third-order valence-corrected chi connectivity index (χ3v) is 4.86. The Kier molecular flexibility index (Phi) is 4.03. The first kappa shape index (κ1) is 15.5. The number of nitrogens with zero attached hydrogens (tertiary/aromatic N) is 3. The molecule has 0 fully saturated rings. The van der Waals surface area contributed by atoms with E-state index in [1.165, 1.54) is 11.3 Å². The van der Waals surface area contributed by atoms with Gasteiger partial charge in [-0.05, 0) is 34.9 Å². The lowest BCUT2D eigenvalue weighted by Crippen LogP contribution is -2.00. The van der Waals surface area contributed by atoms with Crippen LogP contribution in [0.4, 0.5) is 5.13 Å². The molecule has 2 aromatic heterocycles. The molecule has 2 aromatic carbocycles. The minimum Gasteiger partial charge on any atom is -0.375 e. The zero-order valence-electron chi connectivity index (χ0n) is 13.4. The Bertz CT molecular complexity index is 1040. The van der Waals surface area contributed by atoms with E-state index >= 15 is 0 Å². The fourth-order valence-corrected chi connectivity index (χ4v) is 3.78. The van der Waals surface area contributed by atoms with Crippen LogP contribution in [-0.2, 0) is 17.8 Å². The zero-order chi connectivity index (χ0) is 17.2. The summed E-state index contributed by atoms with van der Waals surface area (Å²) in [5, 5.41) is 4.83. The van der Waals surface area contributed by atoms with Crippen LogP contribution in [0.1, 0.15) is 11.1 Å². The molecule has 25 heavy (non-hydrogen) atoms. The largest absolute Gasteiger partial charge is 0.375 e. The summed E-state index contributed by atoms with van der Waals surface area (Å²) in [6.07, 6.45) is 5.04. The highest BCUT2D eigenvalue weighted by molar-refractivity contribution is 7.22. The van der Waals surface area contributed by atoms with Crippen molar-refractivity contribution < 1.29 is 4.79 Å². The van der Waals surface area contributed by atoms with Gasteiger partial charge in [-0.15, -0.1) is 0 Å². The summed E-state index contributed by atoms with van der Waals surface area (Å²) in [5.74, 6) is 0. The average Bonchev–Trinajstić information content (AvgIpc) is 3.23. The lowest BCUT2D eigenvalue weighted by atomic mass is 9.99. The van der Waals surface area contributed by atoms with E-state index in [1.54, 1.807) is 6.20 Å². The van der Waals surface area contributed by atoms with Gasteiger partial charge in [-0.2, -0.15) is 5.10 Å². The molecule has 124 valence electrons. The number of anilines is 1. The lowest BCUT2D eigenvalue weighted by molar-refractivity contribution is -0.107. The molecule has 5 nitrogen and oxygen atoms in total. The van der Waals surface area contributed by atoms with Crippen LogP contribution < -0.4 is 5.73 Å². The Morgan fingerprint density at radius 1 is 1.16 bits per heavy atom. The molecule has 0 unspecified atom stereocenters. The molecule has 0 amide bonds. The van der Waals surface area contributed by atoms with Crippen LogP contribution in [0.25, 0.3) is 21.3 Å². The van der Waals surface area contributed by atoms with Gasteiger partial charge in [-0.25, -0.2) is 4.98 Å². The first-order chi connectivity index (χ1) is 12.2. The standard InChI is InChI=1S/C19H16N4OS/c20-19-22-18-16(15-4-1-3-13(9-15)5-8-24)10-14(11-17(18)25-19)12-23-7-2-6-21-23/h1-4,6-11H,5,12H2,(H2,20,22). The number of carbonyl (C=O) groups excluding carboxylic acids is 1. The van der Waals surface area contributed by atoms with E-state index in [2.05, 4.69) is 22.2 Å². The number of hydrogen-bond acceptors (Lipinski definition) is 5. The molecule has 0 atom stereocenters. The van der Waals surface area contributed by atoms with Crippen molar-refractivity contribution in [1.82, 2.24) is 14.8 Å². The van der Waals surface area contributed by atoms with Crippen molar-refractivity contribution in [2.45, 2.75) is 13.0 Å². The van der Waals surface area contributed by atoms with E-state index in [0.29, 0.717) is 18.1 Å². The molecule has 0 aliphatic carbocycles. The van der Waals surface area contributed by atoms with Crippen molar-refractivity contribution in [3.8, 4) is 11.1 Å². The van der Waals surface area contributed by atoms with Gasteiger partial charge in [0.2, 0.25) is 0 Å². The van der Waals surface area contributed by atoms with Crippen LogP contribution in [0.5, 0.6) is 0 Å². The first-order valence-electron chi connectivity index (χ1n) is 7.92. The fraction of sp³-hybridized carbons (Fsp3) is 0.105. The first-order valence-corrected chi connectivity index (χ1v) is 8.74. The number of nitrogen functional groups attached to an aromatic ring is 1. The Hall–Kier alpha value is -2.99. The Labute approximate surface area is 148 Å². The minimum absolute atomic E-state index is 0.406. The number of rotatable bonds is 5. The van der Waals surface area contributed by atoms with Crippen molar-refractivity contribution in [2.24, 2.45) is 0 Å². The average molecular weight is 348 g/mol. The number of nitrogens with two attached hydrogens (primary N) is 1. The SMILES string of the molecule is Nc1nc2c(-c3cccc(CC=O)c3)cc(Cn3cccn3)cc2s1. The van der Waals surface area contributed by atoms with E-state index in [4.69, 9.17) is 5.73 Å². The Balaban J connectivity index is 1.86. The second kappa shape index (κ2) is 6.49. The maximum absolute atomic E-state index is 10.8. The number of fused-ring (bicyclic) bond motifs is 1. The van der Waals surface area contributed by atoms with Gasteiger partial charge in [0.25, 0.3) is 0 Å². The van der Waals surface area contributed by atoms with Crippen molar-refractivity contribution in [2.75, 3.05) is 5.73 Å². The van der Waals surface area contributed by atoms with Crippen LogP contribution in [0.3, 0.4) is 0 Å². The minimum atomic E-state index is 0.406. The smallest absolute Gasteiger partial charge is 0.181 e. The summed E-state index contributed by atoms with van der Waals surface area (Å²) in [6.45, 7) is 0.682. The van der Waals surface area contributed by atoms with Gasteiger partial charge in [0, 0.05) is 24.4 Å². The number of hydrogen-bond donors (Lipinski definition) is 1. The highest BCUT2D eigenvalue weighted by Crippen LogP contribution is 2.34. The predicted molar refractivity (Wildman–Crippen MR) is 101 cm³/mol. The van der Waals surface area contributed by atoms with Gasteiger partial charge in [-0.3, -0.25) is 4.68 Å². The van der Waals surface area contributed by atoms with Crippen LogP contribution in [0, 0.1) is 0 Å². The van der Waals surface area contributed by atoms with Crippen LogP contribution in [-0.4, -0.2) is 21.1 Å². The molecule has 0 radical (unpaired) electrons. The molecule has 0 saturated carbocycles. The molecule has 2 heterocycles. The molecule has 0 aliphatic rings. The summed E-state index contributed by atoms with van der Waals surface area (Å²) in [4.78, 5) is 15.3. The molecule has 4 aromatic rings. The second-order valence-corrected chi connectivity index (χ2v) is 6.88. The highest BCUT2D eigenvalue weighted by Gasteiger charge is 2.12. The number of benzene rings is 2. The number of aldehydes is 1. The summed E-state index contributed by atoms with van der Waals surface area (Å²) >= 11 is 1.48.